The van der Waals surface area contributed by atoms with Gasteiger partial charge in [-0.15, -0.1) is 0 Å². The maximum atomic E-state index is 11.6. The van der Waals surface area contributed by atoms with Crippen molar-refractivity contribution in [3.63, 3.8) is 0 Å². The molecule has 3 nitrogen and oxygen atoms in total. The molecule has 1 aliphatic rings. The summed E-state index contributed by atoms with van der Waals surface area (Å²) in [6.45, 7) is 0.0596. The van der Waals surface area contributed by atoms with Crippen molar-refractivity contribution in [1.29, 1.82) is 0 Å². The molecule has 86 valence electrons. The van der Waals surface area contributed by atoms with Crippen molar-refractivity contribution in [3.8, 4) is 0 Å². The fourth-order valence-corrected chi connectivity index (χ4v) is 1.73. The van der Waals surface area contributed by atoms with Crippen LogP contribution in [0.25, 0.3) is 0 Å². The van der Waals surface area contributed by atoms with Crippen molar-refractivity contribution in [2.24, 2.45) is 0 Å². The van der Waals surface area contributed by atoms with Gasteiger partial charge in [-0.2, -0.15) is 0 Å². The Hall–Kier alpha value is -1.35. The normalized spacial score (nSPS) is 16.8. The van der Waals surface area contributed by atoms with Crippen molar-refractivity contribution in [3.05, 3.63) is 35.9 Å². The van der Waals surface area contributed by atoms with Gasteiger partial charge in [-0.25, -0.2) is 0 Å². The number of hydrogen-bond acceptors (Lipinski definition) is 2. The third-order valence-corrected chi connectivity index (χ3v) is 3.04. The molecular formula is C13H17NO2. The van der Waals surface area contributed by atoms with E-state index in [2.05, 4.69) is 5.32 Å². The minimum Gasteiger partial charge on any atom is -0.394 e. The van der Waals surface area contributed by atoms with Crippen LogP contribution in [0.1, 0.15) is 24.8 Å². The highest BCUT2D eigenvalue weighted by Gasteiger charge is 2.43. The van der Waals surface area contributed by atoms with E-state index in [9.17, 15) is 4.79 Å². The van der Waals surface area contributed by atoms with Crippen LogP contribution >= 0.6 is 0 Å². The molecule has 0 aromatic heterocycles. The summed E-state index contributed by atoms with van der Waals surface area (Å²) < 4.78 is 0. The first kappa shape index (κ1) is 11.1. The van der Waals surface area contributed by atoms with Gasteiger partial charge >= 0.3 is 0 Å². The molecule has 0 saturated heterocycles. The molecule has 0 unspecified atom stereocenters. The number of carbonyl (C=O) groups excluding carboxylic acids is 1. The zero-order valence-corrected chi connectivity index (χ0v) is 9.28. The van der Waals surface area contributed by atoms with Crippen molar-refractivity contribution >= 4 is 5.91 Å². The third-order valence-electron chi connectivity index (χ3n) is 3.04. The highest BCUT2D eigenvalue weighted by atomic mass is 16.3. The highest BCUT2D eigenvalue weighted by Crippen LogP contribution is 2.34. The molecular weight excluding hydrogens is 202 g/mol. The molecule has 1 saturated carbocycles. The van der Waals surface area contributed by atoms with Crippen LogP contribution in [0.3, 0.4) is 0 Å². The lowest BCUT2D eigenvalue weighted by Gasteiger charge is -2.13. The number of aliphatic hydroxyl groups is 1. The maximum Gasteiger partial charge on any atom is 0.220 e. The maximum absolute atomic E-state index is 11.6. The Kier molecular flexibility index (Phi) is 3.25. The first-order valence-corrected chi connectivity index (χ1v) is 5.70. The molecule has 0 atom stereocenters. The Morgan fingerprint density at radius 3 is 2.56 bits per heavy atom. The fourth-order valence-electron chi connectivity index (χ4n) is 1.73. The van der Waals surface area contributed by atoms with Gasteiger partial charge in [-0.05, 0) is 24.8 Å². The van der Waals surface area contributed by atoms with Crippen LogP contribution in [0.15, 0.2) is 30.3 Å². The molecule has 16 heavy (non-hydrogen) atoms. The van der Waals surface area contributed by atoms with Gasteiger partial charge in [0.15, 0.2) is 0 Å². The largest absolute Gasteiger partial charge is 0.394 e. The molecule has 2 N–H and O–H groups in total. The number of carbonyl (C=O) groups is 1. The number of aliphatic hydroxyl groups excluding tert-OH is 1. The molecule has 3 heteroatoms. The molecule has 2 rings (SSSR count). The van der Waals surface area contributed by atoms with Gasteiger partial charge < -0.3 is 10.4 Å². The topological polar surface area (TPSA) is 49.3 Å². The van der Waals surface area contributed by atoms with E-state index < -0.39 is 0 Å². The third kappa shape index (κ3) is 2.83. The van der Waals surface area contributed by atoms with E-state index in [0.29, 0.717) is 6.42 Å². The van der Waals surface area contributed by atoms with Gasteiger partial charge in [0, 0.05) is 6.42 Å². The number of nitrogens with one attached hydrogen (secondary N) is 1. The van der Waals surface area contributed by atoms with Crippen LogP contribution in [0.4, 0.5) is 0 Å². The number of hydrogen-bond donors (Lipinski definition) is 2. The van der Waals surface area contributed by atoms with Gasteiger partial charge in [0.1, 0.15) is 0 Å². The molecule has 1 amide bonds. The second-order valence-electron chi connectivity index (χ2n) is 4.47. The summed E-state index contributed by atoms with van der Waals surface area (Å²) in [5.41, 5.74) is 0.889. The lowest BCUT2D eigenvalue weighted by molar-refractivity contribution is -0.122. The zero-order valence-electron chi connectivity index (χ0n) is 9.28. The molecule has 1 aliphatic carbocycles. The van der Waals surface area contributed by atoms with E-state index in [1.807, 2.05) is 30.3 Å². The van der Waals surface area contributed by atoms with E-state index in [0.717, 1.165) is 19.3 Å². The molecule has 0 bridgehead atoms. The average Bonchev–Trinajstić information content (AvgIpc) is 3.08. The summed E-state index contributed by atoms with van der Waals surface area (Å²) in [5.74, 6) is 0.0374. The van der Waals surface area contributed by atoms with E-state index in [4.69, 9.17) is 5.11 Å². The zero-order chi connectivity index (χ0) is 11.4. The standard InChI is InChI=1S/C13H17NO2/c15-10-13(8-9-13)14-12(16)7-6-11-4-2-1-3-5-11/h1-5,15H,6-10H2,(H,14,16). The SMILES string of the molecule is O=C(CCc1ccccc1)NC1(CO)CC1. The number of amides is 1. The predicted molar refractivity (Wildman–Crippen MR) is 62.0 cm³/mol. The monoisotopic (exact) mass is 219 g/mol. The Morgan fingerprint density at radius 1 is 1.31 bits per heavy atom. The summed E-state index contributed by atoms with van der Waals surface area (Å²) in [6, 6.07) is 9.96. The van der Waals surface area contributed by atoms with Crippen LogP contribution in [0.5, 0.6) is 0 Å². The average molecular weight is 219 g/mol. The lowest BCUT2D eigenvalue weighted by atomic mass is 10.1. The van der Waals surface area contributed by atoms with E-state index in [1.165, 1.54) is 5.56 Å². The molecule has 1 aromatic carbocycles. The molecule has 0 aliphatic heterocycles. The van der Waals surface area contributed by atoms with Crippen LogP contribution < -0.4 is 5.32 Å². The van der Waals surface area contributed by atoms with E-state index in [-0.39, 0.29) is 18.1 Å². The number of rotatable bonds is 5. The molecule has 1 aromatic rings. The Balaban J connectivity index is 1.76. The fraction of sp³-hybridized carbons (Fsp3) is 0.462. The van der Waals surface area contributed by atoms with Gasteiger partial charge in [0.25, 0.3) is 0 Å². The summed E-state index contributed by atoms with van der Waals surface area (Å²) in [4.78, 5) is 11.6. The van der Waals surface area contributed by atoms with Crippen molar-refractivity contribution < 1.29 is 9.90 Å². The van der Waals surface area contributed by atoms with Crippen molar-refractivity contribution in [2.75, 3.05) is 6.61 Å². The second-order valence-corrected chi connectivity index (χ2v) is 4.47. The Bertz CT molecular complexity index is 357. The van der Waals surface area contributed by atoms with Crippen LogP contribution in [0.2, 0.25) is 0 Å². The van der Waals surface area contributed by atoms with Crippen LogP contribution in [-0.4, -0.2) is 23.2 Å². The lowest BCUT2D eigenvalue weighted by Crippen LogP contribution is -2.39. The first-order chi connectivity index (χ1) is 7.74. The predicted octanol–water partition coefficient (Wildman–Crippen LogP) is 1.26. The minimum atomic E-state index is -0.284. The summed E-state index contributed by atoms with van der Waals surface area (Å²) in [7, 11) is 0. The first-order valence-electron chi connectivity index (χ1n) is 5.70. The molecule has 0 spiro atoms. The highest BCUT2D eigenvalue weighted by molar-refractivity contribution is 5.77. The number of aryl methyl sites for hydroxylation is 1. The smallest absolute Gasteiger partial charge is 0.220 e. The van der Waals surface area contributed by atoms with Gasteiger partial charge in [0.05, 0.1) is 12.1 Å². The van der Waals surface area contributed by atoms with Gasteiger partial charge in [0.2, 0.25) is 5.91 Å². The van der Waals surface area contributed by atoms with Gasteiger partial charge in [-0.1, -0.05) is 30.3 Å². The number of benzene rings is 1. The summed E-state index contributed by atoms with van der Waals surface area (Å²) in [5, 5.41) is 12.0. The molecule has 1 fully saturated rings. The van der Waals surface area contributed by atoms with Crippen LogP contribution in [0, 0.1) is 0 Å². The molecule has 0 radical (unpaired) electrons. The minimum absolute atomic E-state index is 0.0374. The van der Waals surface area contributed by atoms with Gasteiger partial charge in [-0.3, -0.25) is 4.79 Å². The van der Waals surface area contributed by atoms with Crippen molar-refractivity contribution in [1.82, 2.24) is 5.32 Å². The molecule has 0 heterocycles. The van der Waals surface area contributed by atoms with Crippen LogP contribution in [-0.2, 0) is 11.2 Å². The second kappa shape index (κ2) is 4.66. The van der Waals surface area contributed by atoms with E-state index in [1.54, 1.807) is 0 Å². The summed E-state index contributed by atoms with van der Waals surface area (Å²) in [6.07, 6.45) is 3.06. The van der Waals surface area contributed by atoms with E-state index >= 15 is 0 Å². The summed E-state index contributed by atoms with van der Waals surface area (Å²) >= 11 is 0. The van der Waals surface area contributed by atoms with Crippen molar-refractivity contribution in [2.45, 2.75) is 31.2 Å². The quantitative estimate of drug-likeness (QED) is 0.783. The Labute approximate surface area is 95.5 Å². The Morgan fingerprint density at radius 2 is 2.00 bits per heavy atom.